The molecule has 0 aliphatic rings. The van der Waals surface area contributed by atoms with Crippen LogP contribution in [-0.4, -0.2) is 26.4 Å². The summed E-state index contributed by atoms with van der Waals surface area (Å²) in [5, 5.41) is 12.7. The van der Waals surface area contributed by atoms with Crippen LogP contribution < -0.4 is 10.1 Å². The van der Waals surface area contributed by atoms with Gasteiger partial charge in [-0.1, -0.05) is 54.0 Å². The summed E-state index contributed by atoms with van der Waals surface area (Å²) in [6, 6.07) is 12.9. The van der Waals surface area contributed by atoms with Crippen molar-refractivity contribution < 1.29 is 9.53 Å². The van der Waals surface area contributed by atoms with E-state index in [1.807, 2.05) is 42.8 Å². The topological polar surface area (TPSA) is 69.0 Å². The summed E-state index contributed by atoms with van der Waals surface area (Å²) in [7, 11) is 1.86. The fourth-order valence-electron chi connectivity index (χ4n) is 2.77. The first kappa shape index (κ1) is 22.5. The summed E-state index contributed by atoms with van der Waals surface area (Å²) in [5.41, 5.74) is 1.84. The maximum absolute atomic E-state index is 12.2. The predicted octanol–water partition coefficient (Wildman–Crippen LogP) is 5.56. The highest BCUT2D eigenvalue weighted by molar-refractivity contribution is 7.99. The second-order valence-corrected chi connectivity index (χ2v) is 8.38. The van der Waals surface area contributed by atoms with E-state index in [9.17, 15) is 4.79 Å². The molecule has 0 unspecified atom stereocenters. The van der Waals surface area contributed by atoms with Gasteiger partial charge >= 0.3 is 0 Å². The number of thioether (sulfide) groups is 1. The van der Waals surface area contributed by atoms with E-state index in [-0.39, 0.29) is 17.8 Å². The highest BCUT2D eigenvalue weighted by Crippen LogP contribution is 2.26. The summed E-state index contributed by atoms with van der Waals surface area (Å²) in [5.74, 6) is 1.46. The Hall–Kier alpha value is -2.22. The number of aryl methyl sites for hydroxylation is 1. The smallest absolute Gasteiger partial charge is 0.234 e. The average molecular weight is 465 g/mol. The molecule has 0 fully saturated rings. The molecule has 0 saturated carbocycles. The van der Waals surface area contributed by atoms with E-state index >= 15 is 0 Å². The molecule has 9 heteroatoms. The first-order valence-electron chi connectivity index (χ1n) is 9.40. The lowest BCUT2D eigenvalue weighted by molar-refractivity contribution is -0.113. The van der Waals surface area contributed by atoms with Crippen LogP contribution in [0.1, 0.15) is 31.3 Å². The molecule has 0 aliphatic heterocycles. The van der Waals surface area contributed by atoms with Gasteiger partial charge in [-0.15, -0.1) is 10.2 Å². The molecular formula is C21H22Cl2N4O2S. The minimum Gasteiger partial charge on any atom is -0.483 e. The normalized spacial score (nSPS) is 11.9. The summed E-state index contributed by atoms with van der Waals surface area (Å²) < 4.78 is 7.82. The van der Waals surface area contributed by atoms with Gasteiger partial charge in [0.05, 0.1) is 15.8 Å². The lowest BCUT2D eigenvalue weighted by Crippen LogP contribution is -2.15. The van der Waals surface area contributed by atoms with Gasteiger partial charge in [0.2, 0.25) is 5.91 Å². The molecule has 0 saturated heterocycles. The van der Waals surface area contributed by atoms with Gasteiger partial charge < -0.3 is 14.6 Å². The lowest BCUT2D eigenvalue weighted by Gasteiger charge is -2.14. The molecule has 0 radical (unpaired) electrons. The van der Waals surface area contributed by atoms with Crippen molar-refractivity contribution in [3.63, 3.8) is 0 Å². The number of carbonyl (C=O) groups is 1. The second-order valence-electron chi connectivity index (χ2n) is 6.62. The minimum atomic E-state index is -0.283. The van der Waals surface area contributed by atoms with Gasteiger partial charge in [-0.25, -0.2) is 0 Å². The molecule has 1 aromatic heterocycles. The molecule has 0 bridgehead atoms. The van der Waals surface area contributed by atoms with Crippen molar-refractivity contribution in [1.82, 2.24) is 14.8 Å². The van der Waals surface area contributed by atoms with Gasteiger partial charge in [0.15, 0.2) is 17.1 Å². The van der Waals surface area contributed by atoms with Crippen LogP contribution in [0.3, 0.4) is 0 Å². The van der Waals surface area contributed by atoms with Crippen LogP contribution >= 0.6 is 35.0 Å². The Kier molecular flexibility index (Phi) is 7.64. The maximum Gasteiger partial charge on any atom is 0.234 e. The number of hydrogen-bond donors (Lipinski definition) is 1. The molecular weight excluding hydrogens is 443 g/mol. The van der Waals surface area contributed by atoms with E-state index in [0.717, 1.165) is 12.2 Å². The van der Waals surface area contributed by atoms with Crippen LogP contribution in [0.25, 0.3) is 0 Å². The van der Waals surface area contributed by atoms with Crippen molar-refractivity contribution >= 4 is 46.6 Å². The molecule has 0 spiro atoms. The van der Waals surface area contributed by atoms with Crippen molar-refractivity contribution in [2.45, 2.75) is 31.5 Å². The van der Waals surface area contributed by atoms with Crippen molar-refractivity contribution in [1.29, 1.82) is 0 Å². The van der Waals surface area contributed by atoms with Crippen molar-refractivity contribution in [2.75, 3.05) is 11.1 Å². The maximum atomic E-state index is 12.2. The van der Waals surface area contributed by atoms with Gasteiger partial charge in [-0.3, -0.25) is 4.79 Å². The molecule has 1 N–H and O–H groups in total. The van der Waals surface area contributed by atoms with Crippen LogP contribution in [0, 0.1) is 0 Å². The number of amides is 1. The number of ether oxygens (including phenoxy) is 1. The molecule has 3 aromatic rings. The highest BCUT2D eigenvalue weighted by Gasteiger charge is 2.18. The molecule has 1 amide bonds. The summed E-state index contributed by atoms with van der Waals surface area (Å²) in [6.45, 7) is 4.03. The fraction of sp³-hybridized carbons (Fsp3) is 0.286. The Morgan fingerprint density at radius 1 is 1.17 bits per heavy atom. The zero-order valence-corrected chi connectivity index (χ0v) is 19.2. The first-order valence-corrected chi connectivity index (χ1v) is 11.1. The molecule has 3 rings (SSSR count). The zero-order valence-electron chi connectivity index (χ0n) is 16.9. The molecule has 30 heavy (non-hydrogen) atoms. The predicted molar refractivity (Wildman–Crippen MR) is 122 cm³/mol. The Bertz CT molecular complexity index is 1020. The van der Waals surface area contributed by atoms with Crippen LogP contribution in [0.15, 0.2) is 47.6 Å². The number of anilines is 1. The monoisotopic (exact) mass is 464 g/mol. The number of nitrogens with zero attached hydrogens (tertiary/aromatic N) is 3. The molecule has 158 valence electrons. The summed E-state index contributed by atoms with van der Waals surface area (Å²) in [6.07, 6.45) is 0.701. The van der Waals surface area contributed by atoms with Crippen LogP contribution in [0.4, 0.5) is 5.69 Å². The second kappa shape index (κ2) is 10.2. The average Bonchev–Trinajstić information content (AvgIpc) is 3.10. The third kappa shape index (κ3) is 5.68. The molecule has 6 nitrogen and oxygen atoms in total. The van der Waals surface area contributed by atoms with Gasteiger partial charge in [0.25, 0.3) is 0 Å². The van der Waals surface area contributed by atoms with Gasteiger partial charge in [0, 0.05) is 12.7 Å². The van der Waals surface area contributed by atoms with Crippen molar-refractivity contribution in [2.24, 2.45) is 7.05 Å². The molecule has 1 atom stereocenters. The third-order valence-electron chi connectivity index (χ3n) is 4.41. The standard InChI is InChI=1S/C21H22Cl2N4O2S/c1-4-14-5-8-16(9-6-14)29-13(2)20-25-26-21(27(20)3)30-12-19(28)24-15-7-10-17(22)18(23)11-15/h5-11,13H,4,12H2,1-3H3,(H,24,28)/t13-/m0/s1. The number of rotatable bonds is 8. The van der Waals surface area contributed by atoms with Crippen LogP contribution in [0.5, 0.6) is 5.75 Å². The number of benzene rings is 2. The molecule has 1 heterocycles. The number of aromatic nitrogens is 3. The number of halogens is 2. The highest BCUT2D eigenvalue weighted by atomic mass is 35.5. The van der Waals surface area contributed by atoms with E-state index in [1.54, 1.807) is 18.2 Å². The number of carbonyl (C=O) groups excluding carboxylic acids is 1. The SMILES string of the molecule is CCc1ccc(O[C@@H](C)c2nnc(SCC(=O)Nc3ccc(Cl)c(Cl)c3)n2C)cc1. The zero-order chi connectivity index (χ0) is 21.7. The lowest BCUT2D eigenvalue weighted by atomic mass is 10.2. The largest absolute Gasteiger partial charge is 0.483 e. The van der Waals surface area contributed by atoms with Gasteiger partial charge in [0.1, 0.15) is 5.75 Å². The quantitative estimate of drug-likeness (QED) is 0.442. The summed E-state index contributed by atoms with van der Waals surface area (Å²) in [4.78, 5) is 12.2. The van der Waals surface area contributed by atoms with Crippen molar-refractivity contribution in [3.05, 3.63) is 63.9 Å². The Morgan fingerprint density at radius 2 is 1.90 bits per heavy atom. The third-order valence-corrected chi connectivity index (χ3v) is 6.17. The Labute approximate surface area is 189 Å². The molecule has 0 aliphatic carbocycles. The van der Waals surface area contributed by atoms with Gasteiger partial charge in [-0.2, -0.15) is 0 Å². The van der Waals surface area contributed by atoms with E-state index < -0.39 is 0 Å². The molecule has 2 aromatic carbocycles. The Balaban J connectivity index is 1.57. The van der Waals surface area contributed by atoms with Gasteiger partial charge in [-0.05, 0) is 49.2 Å². The number of hydrogen-bond acceptors (Lipinski definition) is 5. The van der Waals surface area contributed by atoms with E-state index in [4.69, 9.17) is 27.9 Å². The van der Waals surface area contributed by atoms with Crippen LogP contribution in [0.2, 0.25) is 10.0 Å². The van der Waals surface area contributed by atoms with E-state index in [2.05, 4.69) is 22.4 Å². The first-order chi connectivity index (χ1) is 14.4. The number of nitrogens with one attached hydrogen (secondary N) is 1. The van der Waals surface area contributed by atoms with E-state index in [1.165, 1.54) is 17.3 Å². The van der Waals surface area contributed by atoms with E-state index in [0.29, 0.717) is 26.7 Å². The van der Waals surface area contributed by atoms with Crippen molar-refractivity contribution in [3.8, 4) is 5.75 Å². The minimum absolute atomic E-state index is 0.178. The Morgan fingerprint density at radius 3 is 2.57 bits per heavy atom. The van der Waals surface area contributed by atoms with Crippen LogP contribution in [-0.2, 0) is 18.3 Å². The summed E-state index contributed by atoms with van der Waals surface area (Å²) >= 11 is 13.2. The fourth-order valence-corrected chi connectivity index (χ4v) is 3.78.